The summed E-state index contributed by atoms with van der Waals surface area (Å²) < 4.78 is 26.9. The Morgan fingerprint density at radius 3 is 2.03 bits per heavy atom. The first-order valence-corrected chi connectivity index (χ1v) is 12.6. The lowest BCUT2D eigenvalue weighted by Gasteiger charge is -2.42. The summed E-state index contributed by atoms with van der Waals surface area (Å²) in [5.41, 5.74) is 1.02. The van der Waals surface area contributed by atoms with E-state index in [-0.39, 0.29) is 0 Å². The second kappa shape index (κ2) is 9.92. The molecule has 0 N–H and O–H groups in total. The first-order valence-electron chi connectivity index (χ1n) is 12.6. The Bertz CT molecular complexity index is 646. The molecule has 3 saturated carbocycles. The third-order valence-electron chi connectivity index (χ3n) is 8.78. The van der Waals surface area contributed by atoms with Crippen LogP contribution in [0.4, 0.5) is 8.78 Å². The lowest BCUT2D eigenvalue weighted by molar-refractivity contribution is 0.108. The van der Waals surface area contributed by atoms with Gasteiger partial charge in [0.05, 0.1) is 0 Å². The van der Waals surface area contributed by atoms with Crippen molar-refractivity contribution < 1.29 is 8.78 Å². The van der Waals surface area contributed by atoms with Gasteiger partial charge in [-0.1, -0.05) is 70.8 Å². The minimum atomic E-state index is -0.721. The smallest absolute Gasteiger partial charge is 0.159 e. The number of hydrogen-bond donors (Lipinski definition) is 0. The van der Waals surface area contributed by atoms with Crippen molar-refractivity contribution in [1.82, 2.24) is 0 Å². The van der Waals surface area contributed by atoms with Gasteiger partial charge in [0.1, 0.15) is 0 Å². The summed E-state index contributed by atoms with van der Waals surface area (Å²) in [7, 11) is 0. The van der Waals surface area contributed by atoms with Gasteiger partial charge < -0.3 is 0 Å². The van der Waals surface area contributed by atoms with Crippen LogP contribution in [-0.4, -0.2) is 0 Å². The second-order valence-corrected chi connectivity index (χ2v) is 10.6. The number of rotatable bonds is 6. The maximum absolute atomic E-state index is 13.6. The van der Waals surface area contributed by atoms with Crippen LogP contribution < -0.4 is 0 Å². The molecule has 4 rings (SSSR count). The SMILES string of the molecule is CCCC1CCC(CCC2CCC3CC(c4ccc(F)c(F)c4)CCC3C2)CC1. The van der Waals surface area contributed by atoms with E-state index in [2.05, 4.69) is 6.92 Å². The minimum Gasteiger partial charge on any atom is -0.204 e. The molecule has 2 heteroatoms. The van der Waals surface area contributed by atoms with Crippen LogP contribution in [0.1, 0.15) is 108 Å². The molecule has 0 heterocycles. The molecule has 3 aliphatic carbocycles. The van der Waals surface area contributed by atoms with Gasteiger partial charge in [-0.05, 0) is 85.3 Å². The second-order valence-electron chi connectivity index (χ2n) is 10.6. The van der Waals surface area contributed by atoms with Crippen molar-refractivity contribution in [2.45, 2.75) is 103 Å². The van der Waals surface area contributed by atoms with E-state index in [1.54, 1.807) is 0 Å². The zero-order chi connectivity index (χ0) is 20.2. The van der Waals surface area contributed by atoms with Gasteiger partial charge in [0.15, 0.2) is 11.6 Å². The molecule has 0 aliphatic heterocycles. The van der Waals surface area contributed by atoms with Crippen LogP contribution >= 0.6 is 0 Å². The quantitative estimate of drug-likeness (QED) is 0.446. The number of fused-ring (bicyclic) bond motifs is 1. The topological polar surface area (TPSA) is 0 Å². The van der Waals surface area contributed by atoms with Crippen LogP contribution in [-0.2, 0) is 0 Å². The molecule has 3 fully saturated rings. The molecule has 0 spiro atoms. The predicted octanol–water partition coefficient (Wildman–Crippen LogP) is 8.65. The average Bonchev–Trinajstić information content (AvgIpc) is 2.75. The van der Waals surface area contributed by atoms with E-state index in [9.17, 15) is 8.78 Å². The maximum atomic E-state index is 13.6. The van der Waals surface area contributed by atoms with Gasteiger partial charge in [-0.25, -0.2) is 8.78 Å². The molecule has 0 nitrogen and oxygen atoms in total. The largest absolute Gasteiger partial charge is 0.204 e. The van der Waals surface area contributed by atoms with Crippen LogP contribution in [0.3, 0.4) is 0 Å². The average molecular weight is 403 g/mol. The normalized spacial score (nSPS) is 35.3. The Labute approximate surface area is 176 Å². The van der Waals surface area contributed by atoms with Gasteiger partial charge in [0.25, 0.3) is 0 Å². The first-order chi connectivity index (χ1) is 14.1. The zero-order valence-electron chi connectivity index (χ0n) is 18.4. The van der Waals surface area contributed by atoms with Gasteiger partial charge in [-0.2, -0.15) is 0 Å². The fraction of sp³-hybridized carbons (Fsp3) is 0.778. The van der Waals surface area contributed by atoms with Gasteiger partial charge in [-0.15, -0.1) is 0 Å². The van der Waals surface area contributed by atoms with E-state index in [1.165, 1.54) is 95.6 Å². The highest BCUT2D eigenvalue weighted by molar-refractivity contribution is 5.22. The van der Waals surface area contributed by atoms with Gasteiger partial charge in [-0.3, -0.25) is 0 Å². The molecule has 162 valence electrons. The fourth-order valence-corrected chi connectivity index (χ4v) is 7.01. The highest BCUT2D eigenvalue weighted by Gasteiger charge is 2.36. The highest BCUT2D eigenvalue weighted by atomic mass is 19.2. The summed E-state index contributed by atoms with van der Waals surface area (Å²) in [6, 6.07) is 4.56. The highest BCUT2D eigenvalue weighted by Crippen LogP contribution is 2.49. The van der Waals surface area contributed by atoms with E-state index in [0.29, 0.717) is 5.92 Å². The van der Waals surface area contributed by atoms with Gasteiger partial charge >= 0.3 is 0 Å². The molecule has 4 unspecified atom stereocenters. The van der Waals surface area contributed by atoms with E-state index in [0.717, 1.165) is 41.6 Å². The van der Waals surface area contributed by atoms with Gasteiger partial charge in [0.2, 0.25) is 0 Å². The summed E-state index contributed by atoms with van der Waals surface area (Å²) in [4.78, 5) is 0. The number of hydrogen-bond acceptors (Lipinski definition) is 0. The molecular weight excluding hydrogens is 362 g/mol. The molecule has 0 radical (unpaired) electrons. The minimum absolute atomic E-state index is 0.432. The Kier molecular flexibility index (Phi) is 7.30. The maximum Gasteiger partial charge on any atom is 0.159 e. The zero-order valence-corrected chi connectivity index (χ0v) is 18.4. The Hall–Kier alpha value is -0.920. The molecule has 4 atom stereocenters. The summed E-state index contributed by atoms with van der Waals surface area (Å²) >= 11 is 0. The third kappa shape index (κ3) is 5.42. The molecule has 0 saturated heterocycles. The van der Waals surface area contributed by atoms with Crippen LogP contribution in [0.25, 0.3) is 0 Å². The molecule has 0 bridgehead atoms. The molecule has 1 aromatic carbocycles. The molecule has 0 aromatic heterocycles. The summed E-state index contributed by atoms with van der Waals surface area (Å²) in [6.45, 7) is 2.33. The van der Waals surface area contributed by atoms with Crippen molar-refractivity contribution >= 4 is 0 Å². The summed E-state index contributed by atoms with van der Waals surface area (Å²) in [5.74, 6) is 3.70. The van der Waals surface area contributed by atoms with Crippen molar-refractivity contribution in [3.8, 4) is 0 Å². The van der Waals surface area contributed by atoms with E-state index in [1.807, 2.05) is 6.07 Å². The van der Waals surface area contributed by atoms with Crippen LogP contribution in [0.5, 0.6) is 0 Å². The number of benzene rings is 1. The van der Waals surface area contributed by atoms with Crippen molar-refractivity contribution in [3.63, 3.8) is 0 Å². The standard InChI is InChI=1S/C27H40F2/c1-2-3-19-4-6-20(7-5-19)8-9-21-10-11-23-17-24(13-12-22(23)16-21)25-14-15-26(28)27(29)18-25/h14-15,18-24H,2-13,16-17H2,1H3. The Morgan fingerprint density at radius 1 is 0.690 bits per heavy atom. The first kappa shape index (κ1) is 21.3. The van der Waals surface area contributed by atoms with Crippen molar-refractivity contribution in [2.75, 3.05) is 0 Å². The van der Waals surface area contributed by atoms with Crippen molar-refractivity contribution in [2.24, 2.45) is 29.6 Å². The monoisotopic (exact) mass is 402 g/mol. The predicted molar refractivity (Wildman–Crippen MR) is 117 cm³/mol. The molecule has 1 aromatic rings. The van der Waals surface area contributed by atoms with E-state index >= 15 is 0 Å². The van der Waals surface area contributed by atoms with Crippen molar-refractivity contribution in [3.05, 3.63) is 35.4 Å². The fourth-order valence-electron chi connectivity index (χ4n) is 7.01. The van der Waals surface area contributed by atoms with E-state index in [4.69, 9.17) is 0 Å². The number of halogens is 2. The molecule has 29 heavy (non-hydrogen) atoms. The molecule has 3 aliphatic rings. The Morgan fingerprint density at radius 2 is 1.31 bits per heavy atom. The lowest BCUT2D eigenvalue weighted by atomic mass is 9.63. The molecule has 0 amide bonds. The van der Waals surface area contributed by atoms with Crippen LogP contribution in [0.2, 0.25) is 0 Å². The molecular formula is C27H40F2. The van der Waals surface area contributed by atoms with Gasteiger partial charge in [0, 0.05) is 0 Å². The van der Waals surface area contributed by atoms with Crippen molar-refractivity contribution in [1.29, 1.82) is 0 Å². The van der Waals surface area contributed by atoms with Crippen LogP contribution in [0, 0.1) is 41.2 Å². The van der Waals surface area contributed by atoms with Crippen LogP contribution in [0.15, 0.2) is 18.2 Å². The lowest BCUT2D eigenvalue weighted by Crippen LogP contribution is -2.30. The Balaban J connectivity index is 1.21. The van der Waals surface area contributed by atoms with E-state index < -0.39 is 11.6 Å². The summed E-state index contributed by atoms with van der Waals surface area (Å²) in [6.07, 6.45) is 19.5. The third-order valence-corrected chi connectivity index (χ3v) is 8.78. The summed E-state index contributed by atoms with van der Waals surface area (Å²) in [5, 5.41) is 0.